The smallest absolute Gasteiger partial charge is 0.277 e. The van der Waals surface area contributed by atoms with Gasteiger partial charge in [-0.2, -0.15) is 5.26 Å². The van der Waals surface area contributed by atoms with Crippen molar-refractivity contribution in [1.82, 2.24) is 10.2 Å². The summed E-state index contributed by atoms with van der Waals surface area (Å²) < 4.78 is 31.6. The highest BCUT2D eigenvalue weighted by molar-refractivity contribution is 7.99. The van der Waals surface area contributed by atoms with Crippen molar-refractivity contribution < 1.29 is 18.0 Å². The van der Waals surface area contributed by atoms with Gasteiger partial charge in [0.1, 0.15) is 11.6 Å². The second-order valence-electron chi connectivity index (χ2n) is 5.60. The number of thioether (sulfide) groups is 1. The standard InChI is InChI=1S/C19H14F2N4O2S/c20-14-4-2-13(3-5-14)18-23-24-19(27-18)28-12-17(26)25(11-1-10-22)16-8-6-15(21)7-9-16/h2-9H,1,11-12H2. The number of nitrogens with zero attached hydrogens (tertiary/aromatic N) is 4. The molecular formula is C19H14F2N4O2S. The van der Waals surface area contributed by atoms with Crippen LogP contribution >= 0.6 is 11.8 Å². The van der Waals surface area contributed by atoms with E-state index in [2.05, 4.69) is 10.2 Å². The molecule has 0 atom stereocenters. The summed E-state index contributed by atoms with van der Waals surface area (Å²) in [6.07, 6.45) is 0.142. The minimum Gasteiger partial charge on any atom is -0.411 e. The Kier molecular flexibility index (Phi) is 6.34. The van der Waals surface area contributed by atoms with Crippen LogP contribution in [0.5, 0.6) is 0 Å². The van der Waals surface area contributed by atoms with E-state index < -0.39 is 5.82 Å². The predicted molar refractivity (Wildman–Crippen MR) is 99.4 cm³/mol. The van der Waals surface area contributed by atoms with Crippen molar-refractivity contribution in [3.63, 3.8) is 0 Å². The minimum absolute atomic E-state index is 0.00610. The monoisotopic (exact) mass is 400 g/mol. The van der Waals surface area contributed by atoms with Gasteiger partial charge in [0.05, 0.1) is 18.2 Å². The average Bonchev–Trinajstić information content (AvgIpc) is 3.17. The van der Waals surface area contributed by atoms with Crippen LogP contribution in [0.25, 0.3) is 11.5 Å². The van der Waals surface area contributed by atoms with Gasteiger partial charge in [0.2, 0.25) is 11.8 Å². The maximum atomic E-state index is 13.1. The van der Waals surface area contributed by atoms with E-state index in [1.165, 1.54) is 53.4 Å². The maximum absolute atomic E-state index is 13.1. The highest BCUT2D eigenvalue weighted by atomic mass is 32.2. The average molecular weight is 400 g/mol. The number of hydrogen-bond acceptors (Lipinski definition) is 6. The molecule has 3 aromatic rings. The molecule has 3 rings (SSSR count). The Labute approximate surface area is 163 Å². The van der Waals surface area contributed by atoms with Gasteiger partial charge in [-0.15, -0.1) is 10.2 Å². The molecule has 2 aromatic carbocycles. The molecule has 0 fully saturated rings. The van der Waals surface area contributed by atoms with E-state index in [1.54, 1.807) is 0 Å². The summed E-state index contributed by atoms with van der Waals surface area (Å²) in [4.78, 5) is 14.0. The van der Waals surface area contributed by atoms with E-state index in [-0.39, 0.29) is 41.6 Å². The molecule has 0 aliphatic rings. The Bertz CT molecular complexity index is 984. The third kappa shape index (κ3) is 4.92. The summed E-state index contributed by atoms with van der Waals surface area (Å²) in [7, 11) is 0. The molecule has 0 aliphatic carbocycles. The summed E-state index contributed by atoms with van der Waals surface area (Å²) in [5, 5.41) is 16.8. The molecule has 0 aliphatic heterocycles. The fourth-order valence-electron chi connectivity index (χ4n) is 2.36. The molecule has 6 nitrogen and oxygen atoms in total. The van der Waals surface area contributed by atoms with E-state index in [0.29, 0.717) is 11.3 Å². The lowest BCUT2D eigenvalue weighted by atomic mass is 10.2. The summed E-state index contributed by atoms with van der Waals surface area (Å²) >= 11 is 1.04. The molecule has 0 N–H and O–H groups in total. The highest BCUT2D eigenvalue weighted by Crippen LogP contribution is 2.24. The lowest BCUT2D eigenvalue weighted by Crippen LogP contribution is -2.33. The Morgan fingerprint density at radius 3 is 2.36 bits per heavy atom. The Morgan fingerprint density at radius 1 is 1.07 bits per heavy atom. The van der Waals surface area contributed by atoms with E-state index in [9.17, 15) is 13.6 Å². The normalized spacial score (nSPS) is 10.5. The van der Waals surface area contributed by atoms with Crippen LogP contribution in [0.2, 0.25) is 0 Å². The summed E-state index contributed by atoms with van der Waals surface area (Å²) in [5.74, 6) is -0.858. The first-order valence-corrected chi connectivity index (χ1v) is 9.20. The lowest BCUT2D eigenvalue weighted by Gasteiger charge is -2.21. The van der Waals surface area contributed by atoms with Crippen molar-refractivity contribution >= 4 is 23.4 Å². The molecule has 0 saturated heterocycles. The number of hydrogen-bond donors (Lipinski definition) is 0. The second-order valence-corrected chi connectivity index (χ2v) is 6.53. The van der Waals surface area contributed by atoms with E-state index in [1.807, 2.05) is 6.07 Å². The zero-order chi connectivity index (χ0) is 19.9. The van der Waals surface area contributed by atoms with E-state index in [4.69, 9.17) is 9.68 Å². The molecule has 0 spiro atoms. The fourth-order valence-corrected chi connectivity index (χ4v) is 3.00. The van der Waals surface area contributed by atoms with Crippen LogP contribution in [0, 0.1) is 23.0 Å². The number of halogens is 2. The fraction of sp³-hybridized carbons (Fsp3) is 0.158. The van der Waals surface area contributed by atoms with E-state index in [0.717, 1.165) is 11.8 Å². The van der Waals surface area contributed by atoms with Crippen molar-refractivity contribution in [1.29, 1.82) is 5.26 Å². The SMILES string of the molecule is N#CCCN(C(=O)CSc1nnc(-c2ccc(F)cc2)o1)c1ccc(F)cc1. The van der Waals surface area contributed by atoms with Gasteiger partial charge in [-0.3, -0.25) is 4.79 Å². The number of aromatic nitrogens is 2. The molecule has 0 unspecified atom stereocenters. The number of carbonyl (C=O) groups excluding carboxylic acids is 1. The molecule has 0 saturated carbocycles. The number of benzene rings is 2. The Balaban J connectivity index is 1.66. The molecule has 9 heteroatoms. The van der Waals surface area contributed by atoms with Gasteiger partial charge >= 0.3 is 0 Å². The van der Waals surface area contributed by atoms with Gasteiger partial charge in [0.15, 0.2) is 0 Å². The van der Waals surface area contributed by atoms with Gasteiger partial charge in [0.25, 0.3) is 5.22 Å². The van der Waals surface area contributed by atoms with Crippen molar-refractivity contribution in [2.24, 2.45) is 0 Å². The van der Waals surface area contributed by atoms with Crippen molar-refractivity contribution in [3.05, 3.63) is 60.2 Å². The minimum atomic E-state index is -0.412. The van der Waals surface area contributed by atoms with Gasteiger partial charge in [-0.25, -0.2) is 8.78 Å². The molecular weight excluding hydrogens is 386 g/mol. The molecule has 28 heavy (non-hydrogen) atoms. The van der Waals surface area contributed by atoms with Gasteiger partial charge in [-0.05, 0) is 48.5 Å². The van der Waals surface area contributed by atoms with Crippen LogP contribution in [-0.2, 0) is 4.79 Å². The maximum Gasteiger partial charge on any atom is 0.277 e. The number of carbonyl (C=O) groups is 1. The van der Waals surface area contributed by atoms with Crippen molar-refractivity contribution in [3.8, 4) is 17.5 Å². The molecule has 1 heterocycles. The lowest BCUT2D eigenvalue weighted by molar-refractivity contribution is -0.116. The van der Waals surface area contributed by atoms with Crippen molar-refractivity contribution in [2.45, 2.75) is 11.6 Å². The quantitative estimate of drug-likeness (QED) is 0.557. The van der Waals surface area contributed by atoms with Crippen LogP contribution in [0.15, 0.2) is 58.2 Å². The van der Waals surface area contributed by atoms with E-state index >= 15 is 0 Å². The predicted octanol–water partition coefficient (Wildman–Crippen LogP) is 4.05. The largest absolute Gasteiger partial charge is 0.411 e. The number of amides is 1. The van der Waals surface area contributed by atoms with Crippen LogP contribution in [0.1, 0.15) is 6.42 Å². The highest BCUT2D eigenvalue weighted by Gasteiger charge is 2.18. The van der Waals surface area contributed by atoms with Crippen LogP contribution < -0.4 is 4.90 Å². The van der Waals surface area contributed by atoms with Gasteiger partial charge < -0.3 is 9.32 Å². The third-order valence-corrected chi connectivity index (χ3v) is 4.51. The first-order chi connectivity index (χ1) is 13.6. The first-order valence-electron chi connectivity index (χ1n) is 8.22. The summed E-state index contributed by atoms with van der Waals surface area (Å²) in [6.45, 7) is 0.187. The topological polar surface area (TPSA) is 83.0 Å². The van der Waals surface area contributed by atoms with Crippen molar-refractivity contribution in [2.75, 3.05) is 17.2 Å². The molecule has 0 radical (unpaired) electrons. The number of nitriles is 1. The van der Waals surface area contributed by atoms with Crippen LogP contribution in [0.4, 0.5) is 14.5 Å². The molecule has 1 amide bonds. The Morgan fingerprint density at radius 2 is 1.71 bits per heavy atom. The molecule has 142 valence electrons. The van der Waals surface area contributed by atoms with Crippen LogP contribution in [-0.4, -0.2) is 28.4 Å². The Hall–Kier alpha value is -3.25. The van der Waals surface area contributed by atoms with Gasteiger partial charge in [-0.1, -0.05) is 11.8 Å². The molecule has 0 bridgehead atoms. The second kappa shape index (κ2) is 9.10. The zero-order valence-electron chi connectivity index (χ0n) is 14.5. The number of anilines is 1. The third-order valence-electron chi connectivity index (χ3n) is 3.70. The summed E-state index contributed by atoms with van der Waals surface area (Å²) in [5.41, 5.74) is 1.06. The van der Waals surface area contributed by atoms with Gasteiger partial charge in [0, 0.05) is 17.8 Å². The zero-order valence-corrected chi connectivity index (χ0v) is 15.3. The number of rotatable bonds is 7. The van der Waals surface area contributed by atoms with Crippen LogP contribution in [0.3, 0.4) is 0 Å². The first kappa shape index (κ1) is 19.5. The summed E-state index contributed by atoms with van der Waals surface area (Å²) in [6, 6.07) is 13.1. The molecule has 1 aromatic heterocycles.